The highest BCUT2D eigenvalue weighted by Crippen LogP contribution is 2.36. The molecule has 2 fully saturated rings. The number of likely N-dealkylation sites (tertiary alicyclic amines) is 1. The van der Waals surface area contributed by atoms with Crippen LogP contribution in [0.1, 0.15) is 28.2 Å². The molecule has 5 aromatic heterocycles. The standard InChI is InChI=1S/C30H32N8O3/c1-18-27-24(35(3)28(18)30(39)37-8-5-9-37)15-26(34-29(27)36-10-12-41-13-11-36)38-23-14-22(33-19(2)20(23)17-32-38)21-16-31-7-6-25(21)40-4/h6-7,14-17H,5,8-13H2,1-4H3. The van der Waals surface area contributed by atoms with Crippen molar-refractivity contribution in [2.75, 3.05) is 51.4 Å². The minimum absolute atomic E-state index is 0.0724. The summed E-state index contributed by atoms with van der Waals surface area (Å²) in [5, 5.41) is 6.71. The summed E-state index contributed by atoms with van der Waals surface area (Å²) < 4.78 is 15.1. The molecule has 11 nitrogen and oxygen atoms in total. The topological polar surface area (TPSA) is 103 Å². The molecule has 2 aliphatic rings. The van der Waals surface area contributed by atoms with Gasteiger partial charge in [-0.25, -0.2) is 9.67 Å². The summed E-state index contributed by atoms with van der Waals surface area (Å²) in [5.41, 5.74) is 5.88. The molecule has 0 saturated carbocycles. The lowest BCUT2D eigenvalue weighted by Crippen LogP contribution is -2.42. The lowest BCUT2D eigenvalue weighted by atomic mass is 10.1. The maximum atomic E-state index is 13.5. The molecule has 0 atom stereocenters. The minimum Gasteiger partial charge on any atom is -0.496 e. The van der Waals surface area contributed by atoms with Crippen LogP contribution in [-0.2, 0) is 11.8 Å². The van der Waals surface area contributed by atoms with Gasteiger partial charge in [-0.3, -0.25) is 14.8 Å². The van der Waals surface area contributed by atoms with Crippen molar-refractivity contribution in [3.8, 4) is 22.8 Å². The molecule has 5 aromatic rings. The van der Waals surface area contributed by atoms with Gasteiger partial charge < -0.3 is 23.8 Å². The minimum atomic E-state index is 0.0724. The number of hydrogen-bond acceptors (Lipinski definition) is 8. The lowest BCUT2D eigenvalue weighted by molar-refractivity contribution is 0.0641. The Balaban J connectivity index is 1.45. The molecule has 0 aliphatic carbocycles. The van der Waals surface area contributed by atoms with Gasteiger partial charge in [-0.2, -0.15) is 5.10 Å². The Hall–Kier alpha value is -4.51. The normalized spacial score (nSPS) is 15.5. The van der Waals surface area contributed by atoms with E-state index >= 15 is 0 Å². The first kappa shape index (κ1) is 25.5. The Kier molecular flexibility index (Phi) is 6.11. The predicted molar refractivity (Wildman–Crippen MR) is 156 cm³/mol. The van der Waals surface area contributed by atoms with Crippen LogP contribution in [0.25, 0.3) is 38.9 Å². The summed E-state index contributed by atoms with van der Waals surface area (Å²) in [5.74, 6) is 2.29. The maximum Gasteiger partial charge on any atom is 0.270 e. The highest BCUT2D eigenvalue weighted by Gasteiger charge is 2.30. The largest absolute Gasteiger partial charge is 0.496 e. The van der Waals surface area contributed by atoms with Crippen molar-refractivity contribution in [2.45, 2.75) is 20.3 Å². The number of morpholine rings is 1. The Labute approximate surface area is 237 Å². The van der Waals surface area contributed by atoms with Crippen molar-refractivity contribution in [3.05, 3.63) is 53.7 Å². The number of methoxy groups -OCH3 is 1. The molecule has 11 heteroatoms. The third-order valence-corrected chi connectivity index (χ3v) is 8.30. The van der Waals surface area contributed by atoms with Crippen LogP contribution in [0.3, 0.4) is 0 Å². The zero-order valence-electron chi connectivity index (χ0n) is 23.7. The molecule has 210 valence electrons. The number of amides is 1. The van der Waals surface area contributed by atoms with Crippen LogP contribution in [-0.4, -0.2) is 86.6 Å². The number of nitrogens with zero attached hydrogens (tertiary/aromatic N) is 8. The number of ether oxygens (including phenoxy) is 2. The van der Waals surface area contributed by atoms with Gasteiger partial charge in [-0.1, -0.05) is 0 Å². The van der Waals surface area contributed by atoms with Gasteiger partial charge in [0.25, 0.3) is 5.91 Å². The van der Waals surface area contributed by atoms with Gasteiger partial charge in [0.1, 0.15) is 17.3 Å². The van der Waals surface area contributed by atoms with E-state index in [0.29, 0.717) is 30.5 Å². The third kappa shape index (κ3) is 4.02. The Morgan fingerprint density at radius 2 is 1.83 bits per heavy atom. The van der Waals surface area contributed by atoms with Gasteiger partial charge in [-0.15, -0.1) is 0 Å². The highest BCUT2D eigenvalue weighted by atomic mass is 16.5. The van der Waals surface area contributed by atoms with Crippen molar-refractivity contribution in [2.24, 2.45) is 7.05 Å². The van der Waals surface area contributed by atoms with Crippen molar-refractivity contribution in [3.63, 3.8) is 0 Å². The monoisotopic (exact) mass is 552 g/mol. The van der Waals surface area contributed by atoms with Crippen LogP contribution in [0.15, 0.2) is 36.8 Å². The third-order valence-electron chi connectivity index (χ3n) is 8.30. The van der Waals surface area contributed by atoms with Gasteiger partial charge >= 0.3 is 0 Å². The maximum absolute atomic E-state index is 13.5. The fraction of sp³-hybridized carbons (Fsp3) is 0.367. The van der Waals surface area contributed by atoms with Crippen molar-refractivity contribution in [1.82, 2.24) is 34.2 Å². The van der Waals surface area contributed by atoms with Gasteiger partial charge in [0, 0.05) is 68.2 Å². The second-order valence-corrected chi connectivity index (χ2v) is 10.6. The summed E-state index contributed by atoms with van der Waals surface area (Å²) in [4.78, 5) is 32.0. The summed E-state index contributed by atoms with van der Waals surface area (Å²) in [6.45, 7) is 8.33. The zero-order chi connectivity index (χ0) is 28.2. The quantitative estimate of drug-likeness (QED) is 0.325. The summed E-state index contributed by atoms with van der Waals surface area (Å²) >= 11 is 0. The summed E-state index contributed by atoms with van der Waals surface area (Å²) in [7, 11) is 3.61. The number of pyridine rings is 3. The molecule has 1 amide bonds. The predicted octanol–water partition coefficient (Wildman–Crippen LogP) is 3.68. The zero-order valence-corrected chi connectivity index (χ0v) is 23.7. The summed E-state index contributed by atoms with van der Waals surface area (Å²) in [6, 6.07) is 5.87. The van der Waals surface area contributed by atoms with E-state index in [1.807, 2.05) is 59.4 Å². The number of rotatable bonds is 5. The van der Waals surface area contributed by atoms with E-state index in [0.717, 1.165) is 82.7 Å². The van der Waals surface area contributed by atoms with Crippen molar-refractivity contribution < 1.29 is 14.3 Å². The van der Waals surface area contributed by atoms with Crippen LogP contribution in [0.2, 0.25) is 0 Å². The van der Waals surface area contributed by atoms with Gasteiger partial charge in [-0.05, 0) is 38.0 Å². The number of hydrogen-bond donors (Lipinski definition) is 0. The molecule has 7 rings (SSSR count). The molecule has 0 bridgehead atoms. The van der Waals surface area contributed by atoms with Gasteiger partial charge in [0.2, 0.25) is 0 Å². The molecule has 0 unspecified atom stereocenters. The first-order valence-corrected chi connectivity index (χ1v) is 13.9. The van der Waals surface area contributed by atoms with E-state index in [-0.39, 0.29) is 5.91 Å². The highest BCUT2D eigenvalue weighted by molar-refractivity contribution is 6.05. The molecule has 41 heavy (non-hydrogen) atoms. The van der Waals surface area contributed by atoms with E-state index in [2.05, 4.69) is 9.88 Å². The average Bonchev–Trinajstić information content (AvgIpc) is 3.51. The van der Waals surface area contributed by atoms with Crippen molar-refractivity contribution in [1.29, 1.82) is 0 Å². The van der Waals surface area contributed by atoms with E-state index in [4.69, 9.17) is 24.5 Å². The van der Waals surface area contributed by atoms with Gasteiger partial charge in [0.15, 0.2) is 5.82 Å². The molecule has 0 aromatic carbocycles. The SMILES string of the molecule is COc1ccncc1-c1cc2c(cnn2-c2cc3c(c(N4CCOCC4)n2)c(C)c(C(=O)N2CCC2)n3C)c(C)n1. The second-order valence-electron chi connectivity index (χ2n) is 10.6. The molecule has 7 heterocycles. The Bertz CT molecular complexity index is 1810. The summed E-state index contributed by atoms with van der Waals surface area (Å²) in [6.07, 6.45) is 6.34. The smallest absolute Gasteiger partial charge is 0.270 e. The average molecular weight is 553 g/mol. The van der Waals surface area contributed by atoms with Crippen LogP contribution < -0.4 is 9.64 Å². The first-order chi connectivity index (χ1) is 20.0. The number of aryl methyl sites for hydroxylation is 3. The molecule has 0 radical (unpaired) electrons. The van der Waals surface area contributed by atoms with Crippen LogP contribution >= 0.6 is 0 Å². The van der Waals surface area contributed by atoms with E-state index in [9.17, 15) is 4.79 Å². The molecular weight excluding hydrogens is 520 g/mol. The number of fused-ring (bicyclic) bond motifs is 2. The molecule has 2 saturated heterocycles. The molecule has 0 N–H and O–H groups in total. The molecule has 2 aliphatic heterocycles. The van der Waals surface area contributed by atoms with Crippen molar-refractivity contribution >= 4 is 33.5 Å². The molecule has 0 spiro atoms. The van der Waals surface area contributed by atoms with Crippen LogP contribution in [0.4, 0.5) is 5.82 Å². The molecular formula is C30H32N8O3. The van der Waals surface area contributed by atoms with Crippen LogP contribution in [0.5, 0.6) is 5.75 Å². The van der Waals surface area contributed by atoms with E-state index in [1.54, 1.807) is 19.5 Å². The number of carbonyl (C=O) groups is 1. The van der Waals surface area contributed by atoms with E-state index in [1.165, 1.54) is 0 Å². The fourth-order valence-electron chi connectivity index (χ4n) is 5.96. The number of anilines is 1. The lowest BCUT2D eigenvalue weighted by Gasteiger charge is -2.31. The van der Waals surface area contributed by atoms with Gasteiger partial charge in [0.05, 0.1) is 48.8 Å². The second kappa shape index (κ2) is 9.84. The number of carbonyl (C=O) groups excluding carboxylic acids is 1. The fourth-order valence-corrected chi connectivity index (χ4v) is 5.96. The van der Waals surface area contributed by atoms with Crippen LogP contribution in [0, 0.1) is 13.8 Å². The Morgan fingerprint density at radius 3 is 2.56 bits per heavy atom. The number of aromatic nitrogens is 6. The first-order valence-electron chi connectivity index (χ1n) is 13.9. The van der Waals surface area contributed by atoms with E-state index < -0.39 is 0 Å². The Morgan fingerprint density at radius 1 is 1.02 bits per heavy atom.